The van der Waals surface area contributed by atoms with Crippen LogP contribution in [-0.4, -0.2) is 19.8 Å². The third-order valence-corrected chi connectivity index (χ3v) is 3.83. The summed E-state index contributed by atoms with van der Waals surface area (Å²) in [6.45, 7) is 0.582. The van der Waals surface area contributed by atoms with Gasteiger partial charge < -0.3 is 15.2 Å². The number of nitrogens with one attached hydrogen (secondary N) is 2. The van der Waals surface area contributed by atoms with Crippen LogP contribution in [0.15, 0.2) is 48.5 Å². The molecule has 0 saturated carbocycles. The molecule has 1 aliphatic rings. The van der Waals surface area contributed by atoms with Crippen molar-refractivity contribution in [1.29, 1.82) is 0 Å². The number of ether oxygens (including phenoxy) is 2. The zero-order chi connectivity index (χ0) is 15.4. The zero-order valence-corrected chi connectivity index (χ0v) is 12.6. The number of nitrogens with two attached hydrogens (primary N) is 1. The highest BCUT2D eigenvalue weighted by Crippen LogP contribution is 2.27. The lowest BCUT2D eigenvalue weighted by Gasteiger charge is -2.14. The molecule has 2 atom stereocenters. The van der Waals surface area contributed by atoms with Crippen LogP contribution in [0.5, 0.6) is 11.5 Å². The van der Waals surface area contributed by atoms with Crippen molar-refractivity contribution in [3.05, 3.63) is 54.1 Å². The van der Waals surface area contributed by atoms with Crippen molar-refractivity contribution in [3.63, 3.8) is 0 Å². The minimum Gasteiger partial charge on any atom is -0.493 e. The maximum Gasteiger partial charge on any atom is 0.161 e. The molecule has 2 aromatic rings. The predicted molar refractivity (Wildman–Crippen MR) is 86.8 cm³/mol. The molecule has 1 heterocycles. The first kappa shape index (κ1) is 14.7. The van der Waals surface area contributed by atoms with E-state index in [1.807, 2.05) is 36.4 Å². The molecule has 2 aromatic carbocycles. The van der Waals surface area contributed by atoms with Crippen molar-refractivity contribution < 1.29 is 9.47 Å². The lowest BCUT2D eigenvalue weighted by atomic mass is 10.0. The van der Waals surface area contributed by atoms with Gasteiger partial charge in [0, 0.05) is 11.7 Å². The van der Waals surface area contributed by atoms with Crippen LogP contribution in [0.1, 0.15) is 18.0 Å². The maximum absolute atomic E-state index is 5.87. The second-order valence-corrected chi connectivity index (χ2v) is 5.40. The van der Waals surface area contributed by atoms with E-state index in [0.717, 1.165) is 23.6 Å². The standard InChI is InChI=1S/C17H21N3O2/c1-21-16-4-2-3-5-17(16)22-11-14-10-15(20-19-14)12-6-8-13(18)9-7-12/h2-9,14-15,19-20H,10-11,18H2,1H3. The number of benzene rings is 2. The largest absolute Gasteiger partial charge is 0.493 e. The Hall–Kier alpha value is -2.24. The number of methoxy groups -OCH3 is 1. The smallest absolute Gasteiger partial charge is 0.161 e. The van der Waals surface area contributed by atoms with Crippen LogP contribution < -0.4 is 26.1 Å². The van der Waals surface area contributed by atoms with E-state index in [4.69, 9.17) is 15.2 Å². The van der Waals surface area contributed by atoms with Crippen LogP contribution in [0.4, 0.5) is 5.69 Å². The Labute approximate surface area is 130 Å². The first-order valence-electron chi connectivity index (χ1n) is 7.38. The van der Waals surface area contributed by atoms with Crippen LogP contribution in [0, 0.1) is 0 Å². The molecule has 5 nitrogen and oxygen atoms in total. The van der Waals surface area contributed by atoms with Gasteiger partial charge in [-0.1, -0.05) is 24.3 Å². The quantitative estimate of drug-likeness (QED) is 0.739. The Bertz CT molecular complexity index is 616. The van der Waals surface area contributed by atoms with Crippen LogP contribution in [0.2, 0.25) is 0 Å². The number of nitrogen functional groups attached to an aromatic ring is 1. The number of anilines is 1. The highest BCUT2D eigenvalue weighted by Gasteiger charge is 2.25. The summed E-state index contributed by atoms with van der Waals surface area (Å²) < 4.78 is 11.2. The van der Waals surface area contributed by atoms with E-state index in [-0.39, 0.29) is 12.1 Å². The molecule has 4 N–H and O–H groups in total. The minimum atomic E-state index is 0.243. The summed E-state index contributed by atoms with van der Waals surface area (Å²) in [5.74, 6) is 1.52. The Morgan fingerprint density at radius 2 is 1.77 bits per heavy atom. The van der Waals surface area contributed by atoms with Crippen LogP contribution >= 0.6 is 0 Å². The van der Waals surface area contributed by atoms with Gasteiger partial charge in [-0.2, -0.15) is 0 Å². The topological polar surface area (TPSA) is 68.5 Å². The summed E-state index contributed by atoms with van der Waals surface area (Å²) in [5.41, 5.74) is 14.3. The van der Waals surface area contributed by atoms with Crippen molar-refractivity contribution >= 4 is 5.69 Å². The third-order valence-electron chi connectivity index (χ3n) is 3.83. The van der Waals surface area contributed by atoms with Gasteiger partial charge in [0.2, 0.25) is 0 Å². The highest BCUT2D eigenvalue weighted by atomic mass is 16.5. The molecular weight excluding hydrogens is 278 g/mol. The molecule has 0 spiro atoms. The lowest BCUT2D eigenvalue weighted by molar-refractivity contribution is 0.259. The first-order chi connectivity index (χ1) is 10.8. The Balaban J connectivity index is 1.56. The molecule has 0 radical (unpaired) electrons. The Kier molecular flexibility index (Phi) is 4.46. The van der Waals surface area contributed by atoms with E-state index in [1.165, 1.54) is 5.56 Å². The maximum atomic E-state index is 5.87. The average Bonchev–Trinajstić information content (AvgIpc) is 3.03. The molecule has 1 fully saturated rings. The molecular formula is C17H21N3O2. The molecule has 1 saturated heterocycles. The van der Waals surface area contributed by atoms with Gasteiger partial charge in [0.15, 0.2) is 11.5 Å². The fourth-order valence-electron chi connectivity index (χ4n) is 2.61. The fourth-order valence-corrected chi connectivity index (χ4v) is 2.61. The average molecular weight is 299 g/mol. The second-order valence-electron chi connectivity index (χ2n) is 5.40. The minimum absolute atomic E-state index is 0.243. The molecule has 116 valence electrons. The van der Waals surface area contributed by atoms with E-state index in [9.17, 15) is 0 Å². The summed E-state index contributed by atoms with van der Waals surface area (Å²) >= 11 is 0. The molecule has 1 aliphatic heterocycles. The number of hydrogen-bond acceptors (Lipinski definition) is 5. The molecule has 0 amide bonds. The second kappa shape index (κ2) is 6.68. The molecule has 2 unspecified atom stereocenters. The zero-order valence-electron chi connectivity index (χ0n) is 12.6. The van der Waals surface area contributed by atoms with Gasteiger partial charge in [-0.05, 0) is 36.2 Å². The SMILES string of the molecule is COc1ccccc1OCC1CC(c2ccc(N)cc2)NN1. The van der Waals surface area contributed by atoms with Crippen molar-refractivity contribution in [2.45, 2.75) is 18.5 Å². The van der Waals surface area contributed by atoms with E-state index in [1.54, 1.807) is 7.11 Å². The number of para-hydroxylation sites is 2. The Morgan fingerprint density at radius 1 is 1.05 bits per heavy atom. The van der Waals surface area contributed by atoms with E-state index >= 15 is 0 Å². The Morgan fingerprint density at radius 3 is 2.50 bits per heavy atom. The highest BCUT2D eigenvalue weighted by molar-refractivity contribution is 5.40. The van der Waals surface area contributed by atoms with Crippen molar-refractivity contribution in [2.75, 3.05) is 19.5 Å². The summed E-state index contributed by atoms with van der Waals surface area (Å²) in [4.78, 5) is 0. The van der Waals surface area contributed by atoms with Crippen molar-refractivity contribution in [3.8, 4) is 11.5 Å². The normalized spacial score (nSPS) is 20.8. The summed E-state index contributed by atoms with van der Waals surface area (Å²) in [5, 5.41) is 0. The van der Waals surface area contributed by atoms with E-state index in [2.05, 4.69) is 23.0 Å². The van der Waals surface area contributed by atoms with Gasteiger partial charge in [-0.3, -0.25) is 5.43 Å². The van der Waals surface area contributed by atoms with Gasteiger partial charge in [0.1, 0.15) is 6.61 Å². The fraction of sp³-hybridized carbons (Fsp3) is 0.294. The molecule has 5 heteroatoms. The number of hydrogen-bond donors (Lipinski definition) is 3. The van der Waals surface area contributed by atoms with E-state index in [0.29, 0.717) is 6.61 Å². The van der Waals surface area contributed by atoms with Crippen molar-refractivity contribution in [1.82, 2.24) is 10.9 Å². The number of hydrazine groups is 1. The van der Waals surface area contributed by atoms with Gasteiger partial charge in [0.05, 0.1) is 13.2 Å². The van der Waals surface area contributed by atoms with Crippen LogP contribution in [-0.2, 0) is 0 Å². The molecule has 0 aliphatic carbocycles. The molecule has 22 heavy (non-hydrogen) atoms. The lowest BCUT2D eigenvalue weighted by Crippen LogP contribution is -2.34. The predicted octanol–water partition coefficient (Wildman–Crippen LogP) is 2.26. The summed E-state index contributed by atoms with van der Waals surface area (Å²) in [6, 6.07) is 16.2. The van der Waals surface area contributed by atoms with E-state index < -0.39 is 0 Å². The van der Waals surface area contributed by atoms with Crippen LogP contribution in [0.25, 0.3) is 0 Å². The third kappa shape index (κ3) is 3.32. The van der Waals surface area contributed by atoms with Gasteiger partial charge in [-0.25, -0.2) is 5.43 Å². The van der Waals surface area contributed by atoms with Gasteiger partial charge in [0.25, 0.3) is 0 Å². The summed E-state index contributed by atoms with van der Waals surface area (Å²) in [6.07, 6.45) is 0.957. The van der Waals surface area contributed by atoms with Gasteiger partial charge >= 0.3 is 0 Å². The molecule has 0 bridgehead atoms. The molecule has 0 aromatic heterocycles. The first-order valence-corrected chi connectivity index (χ1v) is 7.38. The summed E-state index contributed by atoms with van der Waals surface area (Å²) in [7, 11) is 1.65. The monoisotopic (exact) mass is 299 g/mol. The van der Waals surface area contributed by atoms with Crippen LogP contribution in [0.3, 0.4) is 0 Å². The van der Waals surface area contributed by atoms with Crippen molar-refractivity contribution in [2.24, 2.45) is 0 Å². The molecule has 3 rings (SSSR count). The van der Waals surface area contributed by atoms with Gasteiger partial charge in [-0.15, -0.1) is 0 Å². The number of rotatable bonds is 5.